The molecule has 1 aliphatic carbocycles. The maximum absolute atomic E-state index is 12.0. The normalized spacial score (nSPS) is 19.4. The Balaban J connectivity index is 2.15. The summed E-state index contributed by atoms with van der Waals surface area (Å²) in [6.07, 6.45) is 3.48. The van der Waals surface area contributed by atoms with Crippen LogP contribution in [0.5, 0.6) is 0 Å². The van der Waals surface area contributed by atoms with Crippen molar-refractivity contribution in [1.29, 1.82) is 0 Å². The summed E-state index contributed by atoms with van der Waals surface area (Å²) in [5, 5.41) is 1.69. The summed E-state index contributed by atoms with van der Waals surface area (Å²) in [4.78, 5) is 14.3. The number of hydrazine groups is 1. The Morgan fingerprint density at radius 1 is 1.42 bits per heavy atom. The Morgan fingerprint density at radius 2 is 2.11 bits per heavy atom. The molecule has 1 heterocycles. The van der Waals surface area contributed by atoms with Gasteiger partial charge in [0, 0.05) is 19.0 Å². The fourth-order valence-electron chi connectivity index (χ4n) is 2.63. The van der Waals surface area contributed by atoms with Gasteiger partial charge in [-0.05, 0) is 42.2 Å². The van der Waals surface area contributed by atoms with Gasteiger partial charge in [-0.1, -0.05) is 20.8 Å². The van der Waals surface area contributed by atoms with Crippen molar-refractivity contribution < 1.29 is 4.79 Å². The van der Waals surface area contributed by atoms with Crippen LogP contribution >= 0.6 is 11.3 Å². The molecule has 0 saturated carbocycles. The molecule has 1 aliphatic rings. The van der Waals surface area contributed by atoms with Crippen molar-refractivity contribution in [2.24, 2.45) is 11.3 Å². The Bertz CT molecular complexity index is 471. The standard InChI is InChI=1S/C15H24N2OS/c1-15(2,3)11-6-7-12-10(8-11)9-13(19-12)14(18)16-17(4)5/h9,11H,6-8H2,1-5H3,(H,16,18)/t11-/m0/s1. The predicted molar refractivity (Wildman–Crippen MR) is 80.4 cm³/mol. The second-order valence-corrected chi connectivity index (χ2v) is 7.84. The Labute approximate surface area is 120 Å². The van der Waals surface area contributed by atoms with E-state index in [-0.39, 0.29) is 5.91 Å². The predicted octanol–water partition coefficient (Wildman–Crippen LogP) is 3.11. The average Bonchev–Trinajstić information content (AvgIpc) is 2.69. The number of hydrogen-bond donors (Lipinski definition) is 1. The maximum Gasteiger partial charge on any atom is 0.275 e. The number of amides is 1. The number of rotatable bonds is 2. The first-order valence-electron chi connectivity index (χ1n) is 6.87. The van der Waals surface area contributed by atoms with Gasteiger partial charge in [0.15, 0.2) is 0 Å². The van der Waals surface area contributed by atoms with Crippen molar-refractivity contribution in [1.82, 2.24) is 10.4 Å². The van der Waals surface area contributed by atoms with Crippen molar-refractivity contribution in [3.63, 3.8) is 0 Å². The lowest BCUT2D eigenvalue weighted by Crippen LogP contribution is -2.35. The Kier molecular flexibility index (Phi) is 4.02. The quantitative estimate of drug-likeness (QED) is 0.844. The van der Waals surface area contributed by atoms with E-state index in [1.165, 1.54) is 16.9 Å². The molecule has 0 fully saturated rings. The van der Waals surface area contributed by atoms with Crippen LogP contribution in [0.3, 0.4) is 0 Å². The second kappa shape index (κ2) is 5.25. The van der Waals surface area contributed by atoms with Gasteiger partial charge < -0.3 is 0 Å². The molecule has 4 heteroatoms. The molecule has 19 heavy (non-hydrogen) atoms. The molecule has 2 rings (SSSR count). The number of carbonyl (C=O) groups excluding carboxylic acids is 1. The van der Waals surface area contributed by atoms with Crippen LogP contribution in [-0.4, -0.2) is 25.0 Å². The van der Waals surface area contributed by atoms with E-state index in [0.717, 1.165) is 23.6 Å². The SMILES string of the molecule is CN(C)NC(=O)c1cc2c(s1)CC[C@H](C(C)(C)C)C2. The van der Waals surface area contributed by atoms with Crippen LogP contribution in [0.1, 0.15) is 47.3 Å². The van der Waals surface area contributed by atoms with E-state index in [1.54, 1.807) is 16.3 Å². The lowest BCUT2D eigenvalue weighted by Gasteiger charge is -2.33. The molecule has 0 radical (unpaired) electrons. The van der Waals surface area contributed by atoms with Crippen molar-refractivity contribution in [2.45, 2.75) is 40.0 Å². The minimum Gasteiger partial charge on any atom is -0.285 e. The molecule has 0 unspecified atom stereocenters. The molecule has 3 nitrogen and oxygen atoms in total. The van der Waals surface area contributed by atoms with Gasteiger partial charge in [0.05, 0.1) is 4.88 Å². The molecule has 1 amide bonds. The fraction of sp³-hybridized carbons (Fsp3) is 0.667. The zero-order valence-electron chi connectivity index (χ0n) is 12.5. The summed E-state index contributed by atoms with van der Waals surface area (Å²) in [6.45, 7) is 6.94. The van der Waals surface area contributed by atoms with E-state index >= 15 is 0 Å². The highest BCUT2D eigenvalue weighted by Gasteiger charge is 2.30. The first kappa shape index (κ1) is 14.5. The summed E-state index contributed by atoms with van der Waals surface area (Å²) in [7, 11) is 3.67. The molecule has 0 aliphatic heterocycles. The first-order chi connectivity index (χ1) is 8.77. The molecular weight excluding hydrogens is 256 g/mol. The second-order valence-electron chi connectivity index (χ2n) is 6.70. The van der Waals surface area contributed by atoms with Gasteiger partial charge in [0.25, 0.3) is 5.91 Å². The molecule has 0 saturated heterocycles. The van der Waals surface area contributed by atoms with Crippen LogP contribution in [0.15, 0.2) is 6.07 Å². The number of carbonyl (C=O) groups is 1. The van der Waals surface area contributed by atoms with Crippen LogP contribution < -0.4 is 5.43 Å². The summed E-state index contributed by atoms with van der Waals surface area (Å²) in [6, 6.07) is 2.09. The minimum absolute atomic E-state index is 0.0108. The molecule has 1 aromatic rings. The topological polar surface area (TPSA) is 32.3 Å². The van der Waals surface area contributed by atoms with Gasteiger partial charge in [-0.3, -0.25) is 10.2 Å². The first-order valence-corrected chi connectivity index (χ1v) is 7.69. The highest BCUT2D eigenvalue weighted by molar-refractivity contribution is 7.14. The molecule has 0 bridgehead atoms. The molecule has 1 atom stereocenters. The summed E-state index contributed by atoms with van der Waals surface area (Å²) >= 11 is 1.66. The number of nitrogens with one attached hydrogen (secondary N) is 1. The number of nitrogens with zero attached hydrogens (tertiary/aromatic N) is 1. The smallest absolute Gasteiger partial charge is 0.275 e. The van der Waals surface area contributed by atoms with Gasteiger partial charge in [0.2, 0.25) is 0 Å². The van der Waals surface area contributed by atoms with Gasteiger partial charge in [-0.25, -0.2) is 5.01 Å². The zero-order valence-corrected chi connectivity index (χ0v) is 13.4. The third-order valence-corrected chi connectivity index (χ3v) is 5.09. The van der Waals surface area contributed by atoms with E-state index < -0.39 is 0 Å². The third-order valence-electron chi connectivity index (χ3n) is 3.86. The van der Waals surface area contributed by atoms with Gasteiger partial charge in [0.1, 0.15) is 0 Å². The average molecular weight is 280 g/mol. The Morgan fingerprint density at radius 3 is 2.68 bits per heavy atom. The highest BCUT2D eigenvalue weighted by Crippen LogP contribution is 2.40. The fourth-order valence-corrected chi connectivity index (χ4v) is 3.73. The maximum atomic E-state index is 12.0. The van der Waals surface area contributed by atoms with Crippen LogP contribution in [-0.2, 0) is 12.8 Å². The molecule has 1 N–H and O–H groups in total. The van der Waals surface area contributed by atoms with Crippen LogP contribution in [0.2, 0.25) is 0 Å². The Hall–Kier alpha value is -0.870. The van der Waals surface area contributed by atoms with E-state index in [4.69, 9.17) is 0 Å². The van der Waals surface area contributed by atoms with Gasteiger partial charge >= 0.3 is 0 Å². The van der Waals surface area contributed by atoms with E-state index in [2.05, 4.69) is 32.3 Å². The molecule has 106 valence electrons. The van der Waals surface area contributed by atoms with Crippen LogP contribution in [0, 0.1) is 11.3 Å². The molecule has 0 aromatic carbocycles. The van der Waals surface area contributed by atoms with Crippen molar-refractivity contribution in [3.05, 3.63) is 21.4 Å². The van der Waals surface area contributed by atoms with E-state index in [9.17, 15) is 4.79 Å². The lowest BCUT2D eigenvalue weighted by atomic mass is 9.72. The lowest BCUT2D eigenvalue weighted by molar-refractivity contribution is 0.0861. The monoisotopic (exact) mass is 280 g/mol. The summed E-state index contributed by atoms with van der Waals surface area (Å²) in [5.41, 5.74) is 4.56. The molecule has 1 aromatic heterocycles. The van der Waals surface area contributed by atoms with Crippen LogP contribution in [0.4, 0.5) is 0 Å². The van der Waals surface area contributed by atoms with Crippen molar-refractivity contribution in [3.8, 4) is 0 Å². The largest absolute Gasteiger partial charge is 0.285 e. The van der Waals surface area contributed by atoms with E-state index in [0.29, 0.717) is 5.41 Å². The van der Waals surface area contributed by atoms with E-state index in [1.807, 2.05) is 14.1 Å². The molecular formula is C15H24N2OS. The summed E-state index contributed by atoms with van der Waals surface area (Å²) < 4.78 is 0. The van der Waals surface area contributed by atoms with Gasteiger partial charge in [-0.2, -0.15) is 0 Å². The number of fused-ring (bicyclic) bond motifs is 1. The highest BCUT2D eigenvalue weighted by atomic mass is 32.1. The van der Waals surface area contributed by atoms with Crippen LogP contribution in [0.25, 0.3) is 0 Å². The third kappa shape index (κ3) is 3.37. The van der Waals surface area contributed by atoms with Crippen molar-refractivity contribution in [2.75, 3.05) is 14.1 Å². The minimum atomic E-state index is 0.0108. The number of thiophene rings is 1. The van der Waals surface area contributed by atoms with Gasteiger partial charge in [-0.15, -0.1) is 11.3 Å². The molecule has 0 spiro atoms. The summed E-state index contributed by atoms with van der Waals surface area (Å²) in [5.74, 6) is 0.732. The zero-order chi connectivity index (χ0) is 14.2. The number of aryl methyl sites for hydroxylation is 1. The van der Waals surface area contributed by atoms with Crippen molar-refractivity contribution >= 4 is 17.2 Å². The number of hydrogen-bond acceptors (Lipinski definition) is 3.